The van der Waals surface area contributed by atoms with Crippen molar-refractivity contribution in [2.75, 3.05) is 19.7 Å². The summed E-state index contributed by atoms with van der Waals surface area (Å²) < 4.78 is 11.3. The second-order valence-electron chi connectivity index (χ2n) is 8.84. The Morgan fingerprint density at radius 2 is 1.93 bits per heavy atom. The average Bonchev–Trinajstić information content (AvgIpc) is 2.58. The van der Waals surface area contributed by atoms with E-state index in [0.29, 0.717) is 56.2 Å². The zero-order valence-corrected chi connectivity index (χ0v) is 16.6. The topological polar surface area (TPSA) is 100 Å². The van der Waals surface area contributed by atoms with E-state index in [1.807, 2.05) is 6.07 Å². The molecule has 7 heteroatoms. The van der Waals surface area contributed by atoms with Gasteiger partial charge in [-0.2, -0.15) is 0 Å². The van der Waals surface area contributed by atoms with Crippen molar-refractivity contribution in [3.05, 3.63) is 33.4 Å². The summed E-state index contributed by atoms with van der Waals surface area (Å²) in [6, 6.07) is 1.83. The van der Waals surface area contributed by atoms with E-state index in [-0.39, 0.29) is 11.5 Å². The fraction of sp³-hybridized carbons (Fsp3) is 0.714. The van der Waals surface area contributed by atoms with Crippen molar-refractivity contribution < 1.29 is 24.2 Å². The van der Waals surface area contributed by atoms with Gasteiger partial charge >= 0.3 is 5.63 Å². The maximum Gasteiger partial charge on any atom is 0.349 e. The van der Waals surface area contributed by atoms with Crippen LogP contribution in [0.5, 0.6) is 0 Å². The summed E-state index contributed by atoms with van der Waals surface area (Å²) in [4.78, 5) is 27.1. The van der Waals surface area contributed by atoms with E-state index in [1.165, 1.54) is 0 Å². The molecular weight excluding hydrogens is 362 g/mol. The number of aliphatic hydroxyl groups excluding tert-OH is 1. The van der Waals surface area contributed by atoms with Crippen molar-refractivity contribution in [3.63, 3.8) is 0 Å². The number of likely N-dealkylation sites (tertiary alicyclic amines) is 1. The van der Waals surface area contributed by atoms with Gasteiger partial charge in [0.15, 0.2) is 0 Å². The van der Waals surface area contributed by atoms with Gasteiger partial charge in [-0.25, -0.2) is 4.79 Å². The maximum atomic E-state index is 13.0. The van der Waals surface area contributed by atoms with E-state index in [1.54, 1.807) is 18.7 Å². The van der Waals surface area contributed by atoms with Crippen LogP contribution < -0.4 is 5.63 Å². The van der Waals surface area contributed by atoms with E-state index in [0.717, 1.165) is 19.3 Å². The molecular formula is C21H29NO6. The number of nitrogens with zero attached hydrogens (tertiary/aromatic N) is 1. The van der Waals surface area contributed by atoms with Gasteiger partial charge in [0, 0.05) is 25.4 Å². The molecule has 1 spiro atoms. The number of aryl methyl sites for hydroxylation is 1. The van der Waals surface area contributed by atoms with Gasteiger partial charge in [-0.15, -0.1) is 0 Å². The fourth-order valence-electron chi connectivity index (χ4n) is 4.69. The lowest BCUT2D eigenvalue weighted by Gasteiger charge is -2.51. The molecule has 7 nitrogen and oxygen atoms in total. The lowest BCUT2D eigenvalue weighted by Crippen LogP contribution is -2.64. The van der Waals surface area contributed by atoms with Crippen molar-refractivity contribution in [2.24, 2.45) is 0 Å². The molecule has 2 N–H and O–H groups in total. The minimum Gasteiger partial charge on any atom is -0.427 e. The molecule has 0 aromatic carbocycles. The minimum absolute atomic E-state index is 0.0936. The van der Waals surface area contributed by atoms with E-state index >= 15 is 0 Å². The Hall–Kier alpha value is -1.70. The highest BCUT2D eigenvalue weighted by Gasteiger charge is 2.53. The molecule has 2 saturated heterocycles. The highest BCUT2D eigenvalue weighted by atomic mass is 16.5. The first-order valence-electron chi connectivity index (χ1n) is 10.2. The fourth-order valence-corrected chi connectivity index (χ4v) is 4.69. The normalized spacial score (nSPS) is 30.3. The lowest BCUT2D eigenvalue weighted by atomic mass is 9.75. The Bertz CT molecular complexity index is 817. The third kappa shape index (κ3) is 3.19. The number of piperidine rings is 1. The van der Waals surface area contributed by atoms with Crippen molar-refractivity contribution in [3.8, 4) is 0 Å². The van der Waals surface area contributed by atoms with Crippen LogP contribution in [-0.4, -0.2) is 58.0 Å². The Kier molecular flexibility index (Phi) is 4.88. The number of amides is 1. The molecule has 3 fully saturated rings. The standard InChI is InChI=1S/C21H29NO6/c1-13-12-15(14-4-3-5-14)28-18(24)16(13)17(23)22-9-6-21(7-10-22)19(25)20(2,26)8-11-27-21/h12,14,19,25-26H,3-11H2,1-2H3/t19-,20+/m0/s1. The molecule has 1 saturated carbocycles. The molecule has 4 rings (SSSR count). The molecule has 0 unspecified atom stereocenters. The van der Waals surface area contributed by atoms with Crippen molar-refractivity contribution in [1.29, 1.82) is 0 Å². The summed E-state index contributed by atoms with van der Waals surface area (Å²) >= 11 is 0. The largest absolute Gasteiger partial charge is 0.427 e. The van der Waals surface area contributed by atoms with E-state index in [4.69, 9.17) is 9.15 Å². The maximum absolute atomic E-state index is 13.0. The Labute approximate surface area is 164 Å². The quantitative estimate of drug-likeness (QED) is 0.796. The van der Waals surface area contributed by atoms with Crippen LogP contribution in [0, 0.1) is 6.92 Å². The van der Waals surface area contributed by atoms with Gasteiger partial charge in [0.2, 0.25) is 0 Å². The molecule has 0 bridgehead atoms. The van der Waals surface area contributed by atoms with E-state index in [2.05, 4.69) is 0 Å². The number of hydrogen-bond donors (Lipinski definition) is 2. The SMILES string of the molecule is Cc1cc(C2CCC2)oc(=O)c1C(=O)N1CCC2(CC1)OCC[C@@](C)(O)[C@@H]2O. The lowest BCUT2D eigenvalue weighted by molar-refractivity contribution is -0.244. The Balaban J connectivity index is 1.49. The van der Waals surface area contributed by atoms with Crippen LogP contribution in [0.1, 0.15) is 73.0 Å². The van der Waals surface area contributed by atoms with Crippen LogP contribution in [0.4, 0.5) is 0 Å². The monoisotopic (exact) mass is 391 g/mol. The number of hydrogen-bond acceptors (Lipinski definition) is 6. The van der Waals surface area contributed by atoms with Gasteiger partial charge in [-0.1, -0.05) is 6.42 Å². The van der Waals surface area contributed by atoms with E-state index in [9.17, 15) is 19.8 Å². The first kappa shape index (κ1) is 19.6. The number of ether oxygens (including phenoxy) is 1. The van der Waals surface area contributed by atoms with Crippen molar-refractivity contribution >= 4 is 5.91 Å². The van der Waals surface area contributed by atoms with Gasteiger partial charge in [0.05, 0.1) is 12.2 Å². The van der Waals surface area contributed by atoms with Crippen LogP contribution in [-0.2, 0) is 4.74 Å². The zero-order chi connectivity index (χ0) is 20.1. The first-order chi connectivity index (χ1) is 13.2. The molecule has 1 aromatic rings. The molecule has 28 heavy (non-hydrogen) atoms. The molecule has 2 atom stereocenters. The molecule has 1 amide bonds. The molecule has 2 aliphatic heterocycles. The molecule has 0 radical (unpaired) electrons. The predicted molar refractivity (Wildman–Crippen MR) is 101 cm³/mol. The van der Waals surface area contributed by atoms with E-state index < -0.39 is 22.9 Å². The summed E-state index contributed by atoms with van der Waals surface area (Å²) in [5, 5.41) is 21.0. The summed E-state index contributed by atoms with van der Waals surface area (Å²) in [6.45, 7) is 4.49. The minimum atomic E-state index is -1.19. The molecule has 1 aromatic heterocycles. The molecule has 154 valence electrons. The Morgan fingerprint density at radius 1 is 1.25 bits per heavy atom. The Morgan fingerprint density at radius 3 is 2.50 bits per heavy atom. The number of carbonyl (C=O) groups excluding carboxylic acids is 1. The number of rotatable bonds is 2. The summed E-state index contributed by atoms with van der Waals surface area (Å²) in [5.74, 6) is 0.644. The van der Waals surface area contributed by atoms with Crippen LogP contribution in [0.25, 0.3) is 0 Å². The second-order valence-corrected chi connectivity index (χ2v) is 8.84. The number of aliphatic hydroxyl groups is 2. The third-order valence-electron chi connectivity index (χ3n) is 6.87. The highest BCUT2D eigenvalue weighted by molar-refractivity contribution is 5.95. The summed E-state index contributed by atoms with van der Waals surface area (Å²) in [5.41, 5.74) is -1.85. The number of carbonyl (C=O) groups is 1. The molecule has 3 heterocycles. The zero-order valence-electron chi connectivity index (χ0n) is 16.6. The summed E-state index contributed by atoms with van der Waals surface area (Å²) in [7, 11) is 0. The molecule has 3 aliphatic rings. The molecule has 1 aliphatic carbocycles. The average molecular weight is 391 g/mol. The van der Waals surface area contributed by atoms with Gasteiger partial charge in [0.25, 0.3) is 5.91 Å². The van der Waals surface area contributed by atoms with Crippen LogP contribution in [0.15, 0.2) is 15.3 Å². The van der Waals surface area contributed by atoms with Gasteiger partial charge in [0.1, 0.15) is 23.0 Å². The van der Waals surface area contributed by atoms with Gasteiger partial charge < -0.3 is 24.3 Å². The second kappa shape index (κ2) is 6.97. The first-order valence-corrected chi connectivity index (χ1v) is 10.2. The summed E-state index contributed by atoms with van der Waals surface area (Å²) in [6.07, 6.45) is 3.41. The smallest absolute Gasteiger partial charge is 0.349 e. The van der Waals surface area contributed by atoms with Gasteiger partial charge in [-0.05, 0) is 51.2 Å². The van der Waals surface area contributed by atoms with Crippen LogP contribution >= 0.6 is 0 Å². The van der Waals surface area contributed by atoms with Crippen LogP contribution in [0.2, 0.25) is 0 Å². The predicted octanol–water partition coefficient (Wildman–Crippen LogP) is 1.72. The van der Waals surface area contributed by atoms with Crippen LogP contribution in [0.3, 0.4) is 0 Å². The third-order valence-corrected chi connectivity index (χ3v) is 6.87. The highest BCUT2D eigenvalue weighted by Crippen LogP contribution is 2.40. The van der Waals surface area contributed by atoms with Gasteiger partial charge in [-0.3, -0.25) is 4.79 Å². The van der Waals surface area contributed by atoms with Crippen molar-refractivity contribution in [2.45, 2.75) is 75.6 Å². The van der Waals surface area contributed by atoms with Crippen molar-refractivity contribution in [1.82, 2.24) is 4.90 Å².